The van der Waals surface area contributed by atoms with E-state index in [2.05, 4.69) is 115 Å². The summed E-state index contributed by atoms with van der Waals surface area (Å²) in [7, 11) is 0. The molecule has 0 spiro atoms. The first-order valence-corrected chi connectivity index (χ1v) is 10.9. The molecule has 1 aromatic carbocycles. The minimum atomic E-state index is -0.0903. The molecular weight excluding hydrogens is 358 g/mol. The molecule has 0 saturated carbocycles. The molecule has 0 fully saturated rings. The van der Waals surface area contributed by atoms with E-state index in [0.29, 0.717) is 6.04 Å². The monoisotopic (exact) mass is 394 g/mol. The largest absolute Gasteiger partial charge is 0.415 e. The molecule has 0 amide bonds. The highest BCUT2D eigenvalue weighted by molar-refractivity contribution is 6.75. The van der Waals surface area contributed by atoms with Crippen LogP contribution in [0.5, 0.6) is 0 Å². The average molecular weight is 394 g/mol. The fourth-order valence-corrected chi connectivity index (χ4v) is 5.08. The lowest BCUT2D eigenvalue weighted by molar-refractivity contribution is 0.286. The van der Waals surface area contributed by atoms with E-state index in [1.807, 2.05) is 0 Å². The molecule has 3 rings (SSSR count). The summed E-state index contributed by atoms with van der Waals surface area (Å²) in [6.45, 7) is 18.6. The van der Waals surface area contributed by atoms with Crippen LogP contribution in [0, 0.1) is 0 Å². The number of benzene rings is 1. The second-order valence-electron chi connectivity index (χ2n) is 9.35. The Balaban J connectivity index is 1.98. The molecule has 0 aliphatic carbocycles. The van der Waals surface area contributed by atoms with Gasteiger partial charge in [-0.3, -0.25) is 0 Å². The average Bonchev–Trinajstić information content (AvgIpc) is 3.23. The highest BCUT2D eigenvalue weighted by Gasteiger charge is 2.51. The van der Waals surface area contributed by atoms with Crippen LogP contribution in [0.4, 0.5) is 11.6 Å². The van der Waals surface area contributed by atoms with Crippen molar-refractivity contribution in [3.05, 3.63) is 36.7 Å². The van der Waals surface area contributed by atoms with Crippen molar-refractivity contribution in [2.75, 3.05) is 10.0 Å². The molecule has 1 aliphatic rings. The third-order valence-electron chi connectivity index (χ3n) is 6.78. The predicted molar refractivity (Wildman–Crippen MR) is 125 cm³/mol. The molecule has 0 radical (unpaired) electrons. The molecule has 2 heterocycles. The summed E-state index contributed by atoms with van der Waals surface area (Å²) in [6, 6.07) is 10.8. The van der Waals surface area contributed by atoms with Gasteiger partial charge in [0.1, 0.15) is 6.33 Å². The molecular formula is C21H36B2N6. The molecule has 1 N–H and O–H groups in total. The molecule has 1 aromatic heterocycles. The van der Waals surface area contributed by atoms with Crippen molar-refractivity contribution in [3.8, 4) is 0 Å². The first-order valence-electron chi connectivity index (χ1n) is 10.9. The summed E-state index contributed by atoms with van der Waals surface area (Å²) in [5.41, 5.74) is 1.06. The summed E-state index contributed by atoms with van der Waals surface area (Å²) in [6.07, 6.45) is 3.78. The standard InChI is InChI=1S/C21H36B2N6/c1-9-18-21(5,6)28-19(24-16-25-28)27(18)23(8)29(20(3,4)10-2)22(7)26-17-14-12-11-13-15-17/h11-16,18,26H,9-10H2,1-8H3. The quantitative estimate of drug-likeness (QED) is 0.671. The summed E-state index contributed by atoms with van der Waals surface area (Å²) in [5.74, 6) is 0.971. The fourth-order valence-electron chi connectivity index (χ4n) is 5.08. The zero-order valence-electron chi connectivity index (χ0n) is 19.3. The van der Waals surface area contributed by atoms with Gasteiger partial charge in [0.25, 0.3) is 0 Å². The second-order valence-corrected chi connectivity index (χ2v) is 9.35. The van der Waals surface area contributed by atoms with Crippen LogP contribution in [-0.2, 0) is 5.54 Å². The molecule has 2 aromatic rings. The van der Waals surface area contributed by atoms with Crippen molar-refractivity contribution in [3.63, 3.8) is 0 Å². The Hall–Kier alpha value is -1.95. The van der Waals surface area contributed by atoms with E-state index in [1.54, 1.807) is 6.33 Å². The minimum absolute atomic E-state index is 0.0104. The Morgan fingerprint density at radius 1 is 1.17 bits per heavy atom. The van der Waals surface area contributed by atoms with Crippen LogP contribution in [0.3, 0.4) is 0 Å². The fraction of sp³-hybridized carbons (Fsp3) is 0.619. The molecule has 1 unspecified atom stereocenters. The van der Waals surface area contributed by atoms with Crippen LogP contribution in [0.2, 0.25) is 13.6 Å². The van der Waals surface area contributed by atoms with Crippen molar-refractivity contribution >= 4 is 25.6 Å². The van der Waals surface area contributed by atoms with Gasteiger partial charge in [-0.2, -0.15) is 5.10 Å². The van der Waals surface area contributed by atoms with Crippen LogP contribution in [0.25, 0.3) is 0 Å². The van der Waals surface area contributed by atoms with Gasteiger partial charge >= 0.3 is 14.0 Å². The maximum absolute atomic E-state index is 4.66. The van der Waals surface area contributed by atoms with Gasteiger partial charge < -0.3 is 14.8 Å². The maximum atomic E-state index is 4.66. The number of hydrogen-bond donors (Lipinski definition) is 1. The van der Waals surface area contributed by atoms with Crippen LogP contribution in [-0.4, -0.2) is 45.0 Å². The number of nitrogens with one attached hydrogen (secondary N) is 1. The summed E-state index contributed by atoms with van der Waals surface area (Å²) >= 11 is 0. The first-order chi connectivity index (χ1) is 13.6. The Bertz CT molecular complexity index is 807. The smallest absolute Gasteiger partial charge is 0.333 e. The first kappa shape index (κ1) is 21.8. The van der Waals surface area contributed by atoms with E-state index in [-0.39, 0.29) is 25.0 Å². The molecule has 8 heteroatoms. The van der Waals surface area contributed by atoms with Gasteiger partial charge in [0.2, 0.25) is 5.95 Å². The van der Waals surface area contributed by atoms with E-state index >= 15 is 0 Å². The molecule has 6 nitrogen and oxygen atoms in total. The third-order valence-corrected chi connectivity index (χ3v) is 6.78. The van der Waals surface area contributed by atoms with Crippen LogP contribution >= 0.6 is 0 Å². The highest BCUT2D eigenvalue weighted by atomic mass is 15.5. The predicted octanol–water partition coefficient (Wildman–Crippen LogP) is 4.45. The number of hydrogen-bond acceptors (Lipinski definition) is 5. The molecule has 1 aliphatic heterocycles. The van der Waals surface area contributed by atoms with Gasteiger partial charge in [-0.25, -0.2) is 9.67 Å². The van der Waals surface area contributed by atoms with Crippen molar-refractivity contribution in [2.45, 2.75) is 85.1 Å². The number of rotatable bonds is 8. The van der Waals surface area contributed by atoms with Gasteiger partial charge in [-0.15, -0.1) is 0 Å². The normalized spacial score (nSPS) is 18.1. The van der Waals surface area contributed by atoms with E-state index in [9.17, 15) is 0 Å². The van der Waals surface area contributed by atoms with E-state index in [0.717, 1.165) is 24.5 Å². The van der Waals surface area contributed by atoms with E-state index < -0.39 is 0 Å². The number of aromatic nitrogens is 3. The molecule has 156 valence electrons. The Morgan fingerprint density at radius 3 is 2.41 bits per heavy atom. The van der Waals surface area contributed by atoms with Gasteiger partial charge in [-0.05, 0) is 58.2 Å². The number of para-hydroxylation sites is 1. The summed E-state index contributed by atoms with van der Waals surface area (Å²) in [4.78, 5) is 7.14. The van der Waals surface area contributed by atoms with Gasteiger partial charge in [0.15, 0.2) is 0 Å². The van der Waals surface area contributed by atoms with E-state index in [1.165, 1.54) is 0 Å². The lowest BCUT2D eigenvalue weighted by Crippen LogP contribution is -2.67. The zero-order chi connectivity index (χ0) is 21.4. The topological polar surface area (TPSA) is 49.2 Å². The second kappa shape index (κ2) is 8.05. The van der Waals surface area contributed by atoms with E-state index in [4.69, 9.17) is 0 Å². The van der Waals surface area contributed by atoms with Gasteiger partial charge in [0.05, 0.1) is 5.54 Å². The van der Waals surface area contributed by atoms with Crippen molar-refractivity contribution in [2.24, 2.45) is 0 Å². The Morgan fingerprint density at radius 2 is 1.83 bits per heavy atom. The van der Waals surface area contributed by atoms with Gasteiger partial charge in [-0.1, -0.05) is 45.7 Å². The molecule has 0 bridgehead atoms. The minimum Gasteiger partial charge on any atom is -0.415 e. The number of fused-ring (bicyclic) bond motifs is 1. The molecule has 29 heavy (non-hydrogen) atoms. The SMILES string of the molecule is CCC1N(B(C)N(B(C)Nc2ccccc2)C(C)(C)CC)c2ncnn2C1(C)C. The lowest BCUT2D eigenvalue weighted by Gasteiger charge is -2.48. The zero-order valence-corrected chi connectivity index (χ0v) is 19.3. The number of nitrogens with zero attached hydrogens (tertiary/aromatic N) is 5. The van der Waals surface area contributed by atoms with Crippen molar-refractivity contribution in [1.82, 2.24) is 19.5 Å². The third kappa shape index (κ3) is 3.79. The van der Waals surface area contributed by atoms with Crippen molar-refractivity contribution < 1.29 is 0 Å². The van der Waals surface area contributed by atoms with Crippen LogP contribution in [0.1, 0.15) is 54.4 Å². The lowest BCUT2D eigenvalue weighted by atomic mass is 9.56. The Labute approximate surface area is 177 Å². The van der Waals surface area contributed by atoms with Crippen LogP contribution < -0.4 is 10.0 Å². The molecule has 0 saturated heterocycles. The summed E-state index contributed by atoms with van der Waals surface area (Å²) in [5, 5.41) is 8.28. The highest BCUT2D eigenvalue weighted by Crippen LogP contribution is 2.40. The van der Waals surface area contributed by atoms with Crippen LogP contribution in [0.15, 0.2) is 36.7 Å². The molecule has 1 atom stereocenters. The Kier molecular flexibility index (Phi) is 6.04. The number of anilines is 2. The summed E-state index contributed by atoms with van der Waals surface area (Å²) < 4.78 is 4.69. The van der Waals surface area contributed by atoms with Crippen molar-refractivity contribution in [1.29, 1.82) is 0 Å². The van der Waals surface area contributed by atoms with Gasteiger partial charge in [0, 0.05) is 11.7 Å². The maximum Gasteiger partial charge on any atom is 0.333 e.